The molecule has 1 N–H and O–H groups in total. The van der Waals surface area contributed by atoms with Crippen LogP contribution in [0.3, 0.4) is 0 Å². The highest BCUT2D eigenvalue weighted by molar-refractivity contribution is 6.30. The molecule has 2 aliphatic carbocycles. The van der Waals surface area contributed by atoms with Crippen molar-refractivity contribution in [3.63, 3.8) is 0 Å². The Morgan fingerprint density at radius 1 is 1.22 bits per heavy atom. The smallest absolute Gasteiger partial charge is 0.0408 e. The van der Waals surface area contributed by atoms with E-state index in [9.17, 15) is 0 Å². The van der Waals surface area contributed by atoms with E-state index < -0.39 is 0 Å². The standard InChI is InChI=1S/C16H22ClN/c17-15-5-1-4-13(9-15)14-10-16(11-14)18-8-2-3-12-6-7-12/h1,4-5,9,12,14,16,18H,2-3,6-8,10-11H2. The zero-order chi connectivity index (χ0) is 12.4. The lowest BCUT2D eigenvalue weighted by molar-refractivity contribution is 0.289. The van der Waals surface area contributed by atoms with Gasteiger partial charge in [0.2, 0.25) is 0 Å². The molecule has 0 atom stereocenters. The van der Waals surface area contributed by atoms with E-state index in [0.29, 0.717) is 0 Å². The van der Waals surface area contributed by atoms with Crippen LogP contribution in [0.15, 0.2) is 24.3 Å². The van der Waals surface area contributed by atoms with Crippen LogP contribution in [0.25, 0.3) is 0 Å². The molecule has 0 bridgehead atoms. The first-order chi connectivity index (χ1) is 8.81. The fourth-order valence-electron chi connectivity index (χ4n) is 2.92. The molecule has 0 saturated heterocycles. The van der Waals surface area contributed by atoms with Crippen LogP contribution in [0.4, 0.5) is 0 Å². The van der Waals surface area contributed by atoms with Gasteiger partial charge in [-0.15, -0.1) is 0 Å². The summed E-state index contributed by atoms with van der Waals surface area (Å²) in [6, 6.07) is 9.09. The Labute approximate surface area is 115 Å². The monoisotopic (exact) mass is 263 g/mol. The van der Waals surface area contributed by atoms with Crippen molar-refractivity contribution < 1.29 is 0 Å². The predicted molar refractivity (Wildman–Crippen MR) is 77.2 cm³/mol. The lowest BCUT2D eigenvalue weighted by atomic mass is 9.76. The highest BCUT2D eigenvalue weighted by atomic mass is 35.5. The quantitative estimate of drug-likeness (QED) is 0.752. The van der Waals surface area contributed by atoms with E-state index in [-0.39, 0.29) is 0 Å². The number of hydrogen-bond acceptors (Lipinski definition) is 1. The van der Waals surface area contributed by atoms with E-state index in [4.69, 9.17) is 11.6 Å². The Morgan fingerprint density at radius 2 is 2.06 bits per heavy atom. The third-order valence-electron chi connectivity index (χ3n) is 4.38. The van der Waals surface area contributed by atoms with Crippen molar-refractivity contribution >= 4 is 11.6 Å². The number of hydrogen-bond donors (Lipinski definition) is 1. The van der Waals surface area contributed by atoms with Crippen LogP contribution < -0.4 is 5.32 Å². The fourth-order valence-corrected chi connectivity index (χ4v) is 3.12. The van der Waals surface area contributed by atoms with E-state index in [1.165, 1.54) is 50.6 Å². The zero-order valence-corrected chi connectivity index (χ0v) is 11.6. The van der Waals surface area contributed by atoms with Crippen molar-refractivity contribution in [2.24, 2.45) is 5.92 Å². The van der Waals surface area contributed by atoms with Crippen molar-refractivity contribution in [3.8, 4) is 0 Å². The summed E-state index contributed by atoms with van der Waals surface area (Å²) in [7, 11) is 0. The minimum atomic E-state index is 0.727. The Morgan fingerprint density at radius 3 is 2.78 bits per heavy atom. The van der Waals surface area contributed by atoms with Gasteiger partial charge in [-0.3, -0.25) is 0 Å². The summed E-state index contributed by atoms with van der Waals surface area (Å²) < 4.78 is 0. The van der Waals surface area contributed by atoms with E-state index in [1.54, 1.807) is 0 Å². The van der Waals surface area contributed by atoms with Crippen molar-refractivity contribution in [2.75, 3.05) is 6.54 Å². The predicted octanol–water partition coefficient (Wildman–Crippen LogP) is 4.37. The topological polar surface area (TPSA) is 12.0 Å². The minimum Gasteiger partial charge on any atom is -0.314 e. The number of nitrogens with one attached hydrogen (secondary N) is 1. The van der Waals surface area contributed by atoms with E-state index in [0.717, 1.165) is 22.9 Å². The van der Waals surface area contributed by atoms with Crippen LogP contribution in [-0.2, 0) is 0 Å². The maximum absolute atomic E-state index is 6.03. The fraction of sp³-hybridized carbons (Fsp3) is 0.625. The first-order valence-corrected chi connectivity index (χ1v) is 7.68. The molecular weight excluding hydrogens is 242 g/mol. The second kappa shape index (κ2) is 5.63. The number of rotatable bonds is 6. The molecule has 0 spiro atoms. The summed E-state index contributed by atoms with van der Waals surface area (Å²) >= 11 is 6.03. The average molecular weight is 264 g/mol. The summed E-state index contributed by atoms with van der Waals surface area (Å²) in [5.74, 6) is 1.80. The molecule has 0 amide bonds. The molecule has 18 heavy (non-hydrogen) atoms. The van der Waals surface area contributed by atoms with Crippen LogP contribution in [0.5, 0.6) is 0 Å². The van der Waals surface area contributed by atoms with Gasteiger partial charge in [-0.05, 0) is 61.8 Å². The third-order valence-corrected chi connectivity index (χ3v) is 4.61. The van der Waals surface area contributed by atoms with Gasteiger partial charge in [0.05, 0.1) is 0 Å². The largest absolute Gasteiger partial charge is 0.314 e. The number of halogens is 1. The van der Waals surface area contributed by atoms with Crippen LogP contribution in [0.1, 0.15) is 50.0 Å². The number of benzene rings is 1. The van der Waals surface area contributed by atoms with Crippen molar-refractivity contribution in [1.29, 1.82) is 0 Å². The highest BCUT2D eigenvalue weighted by Crippen LogP contribution is 2.38. The van der Waals surface area contributed by atoms with Crippen molar-refractivity contribution in [3.05, 3.63) is 34.9 Å². The van der Waals surface area contributed by atoms with Gasteiger partial charge < -0.3 is 5.32 Å². The van der Waals surface area contributed by atoms with Crippen molar-refractivity contribution in [1.82, 2.24) is 5.32 Å². The van der Waals surface area contributed by atoms with Gasteiger partial charge in [-0.2, -0.15) is 0 Å². The van der Waals surface area contributed by atoms with E-state index in [1.807, 2.05) is 6.07 Å². The summed E-state index contributed by atoms with van der Waals surface area (Å²) in [5.41, 5.74) is 1.42. The molecule has 0 aromatic heterocycles. The van der Waals surface area contributed by atoms with E-state index >= 15 is 0 Å². The van der Waals surface area contributed by atoms with Gasteiger partial charge in [0, 0.05) is 11.1 Å². The first kappa shape index (κ1) is 12.5. The Kier molecular flexibility index (Phi) is 3.91. The molecule has 0 aliphatic heterocycles. The van der Waals surface area contributed by atoms with E-state index in [2.05, 4.69) is 23.5 Å². The molecule has 2 fully saturated rings. The SMILES string of the molecule is Clc1cccc(C2CC(NCCCC3CC3)C2)c1. The Bertz CT molecular complexity index is 394. The second-order valence-electron chi connectivity index (χ2n) is 5.96. The molecular formula is C16H22ClN. The normalized spacial score (nSPS) is 26.9. The highest BCUT2D eigenvalue weighted by Gasteiger charge is 2.29. The lowest BCUT2D eigenvalue weighted by Gasteiger charge is -2.36. The minimum absolute atomic E-state index is 0.727. The molecule has 2 saturated carbocycles. The van der Waals surface area contributed by atoms with Gasteiger partial charge in [-0.1, -0.05) is 36.6 Å². The maximum atomic E-state index is 6.03. The van der Waals surface area contributed by atoms with Gasteiger partial charge >= 0.3 is 0 Å². The second-order valence-corrected chi connectivity index (χ2v) is 6.40. The molecule has 3 rings (SSSR count). The molecule has 1 aromatic rings. The van der Waals surface area contributed by atoms with Crippen LogP contribution in [-0.4, -0.2) is 12.6 Å². The zero-order valence-electron chi connectivity index (χ0n) is 10.9. The molecule has 1 nitrogen and oxygen atoms in total. The first-order valence-electron chi connectivity index (χ1n) is 7.30. The molecule has 1 aromatic carbocycles. The maximum Gasteiger partial charge on any atom is 0.0408 e. The van der Waals surface area contributed by atoms with Gasteiger partial charge in [0.15, 0.2) is 0 Å². The summed E-state index contributed by atoms with van der Waals surface area (Å²) in [6.07, 6.45) is 8.34. The average Bonchev–Trinajstić information content (AvgIpc) is 3.10. The Balaban J connectivity index is 1.34. The van der Waals surface area contributed by atoms with Gasteiger partial charge in [-0.25, -0.2) is 0 Å². The Hall–Kier alpha value is -0.530. The van der Waals surface area contributed by atoms with Crippen LogP contribution >= 0.6 is 11.6 Å². The summed E-state index contributed by atoms with van der Waals surface area (Å²) in [4.78, 5) is 0. The summed E-state index contributed by atoms with van der Waals surface area (Å²) in [5, 5.41) is 4.55. The molecule has 0 heterocycles. The lowest BCUT2D eigenvalue weighted by Crippen LogP contribution is -2.40. The third kappa shape index (κ3) is 3.27. The molecule has 0 unspecified atom stereocenters. The van der Waals surface area contributed by atoms with Crippen LogP contribution in [0, 0.1) is 5.92 Å². The van der Waals surface area contributed by atoms with Gasteiger partial charge in [0.25, 0.3) is 0 Å². The van der Waals surface area contributed by atoms with Crippen molar-refractivity contribution in [2.45, 2.75) is 50.5 Å². The molecule has 0 radical (unpaired) electrons. The molecule has 98 valence electrons. The van der Waals surface area contributed by atoms with Gasteiger partial charge in [0.1, 0.15) is 0 Å². The molecule has 2 aliphatic rings. The molecule has 2 heteroatoms. The summed E-state index contributed by atoms with van der Waals surface area (Å²) in [6.45, 7) is 1.21. The van der Waals surface area contributed by atoms with Crippen LogP contribution in [0.2, 0.25) is 5.02 Å².